The van der Waals surface area contributed by atoms with Crippen molar-refractivity contribution in [3.05, 3.63) is 23.3 Å². The highest BCUT2D eigenvalue weighted by atomic mass is 16.5. The van der Waals surface area contributed by atoms with Crippen molar-refractivity contribution >= 4 is 0 Å². The van der Waals surface area contributed by atoms with Gasteiger partial charge in [-0.15, -0.1) is 0 Å². The van der Waals surface area contributed by atoms with Crippen molar-refractivity contribution in [2.45, 2.75) is 58.2 Å². The van der Waals surface area contributed by atoms with Crippen LogP contribution in [0.5, 0.6) is 0 Å². The zero-order chi connectivity index (χ0) is 11.6. The molecule has 0 aromatic carbocycles. The van der Waals surface area contributed by atoms with Gasteiger partial charge in [-0.2, -0.15) is 0 Å². The second-order valence-corrected chi connectivity index (χ2v) is 6.36. The van der Waals surface area contributed by atoms with E-state index in [1.807, 2.05) is 0 Å². The maximum atomic E-state index is 6.51. The van der Waals surface area contributed by atoms with Gasteiger partial charge in [0, 0.05) is 11.8 Å². The van der Waals surface area contributed by atoms with E-state index in [2.05, 4.69) is 39.8 Å². The number of ether oxygens (including phenoxy) is 1. The van der Waals surface area contributed by atoms with Crippen molar-refractivity contribution < 1.29 is 4.74 Å². The maximum absolute atomic E-state index is 6.51. The fourth-order valence-corrected chi connectivity index (χ4v) is 4.06. The van der Waals surface area contributed by atoms with Gasteiger partial charge in [-0.3, -0.25) is 0 Å². The first-order valence-electron chi connectivity index (χ1n) is 6.50. The van der Waals surface area contributed by atoms with Gasteiger partial charge in [-0.05, 0) is 52.5 Å². The summed E-state index contributed by atoms with van der Waals surface area (Å²) >= 11 is 0. The van der Waals surface area contributed by atoms with Gasteiger partial charge < -0.3 is 4.74 Å². The highest BCUT2D eigenvalue weighted by Gasteiger charge is 2.60. The first-order valence-corrected chi connectivity index (χ1v) is 6.50. The molecule has 2 bridgehead atoms. The van der Waals surface area contributed by atoms with Crippen LogP contribution in [0.15, 0.2) is 23.3 Å². The highest BCUT2D eigenvalue weighted by molar-refractivity contribution is 5.34. The number of rotatable bonds is 0. The van der Waals surface area contributed by atoms with Crippen molar-refractivity contribution in [1.29, 1.82) is 0 Å². The minimum absolute atomic E-state index is 0.0417. The molecule has 1 saturated heterocycles. The van der Waals surface area contributed by atoms with Crippen LogP contribution in [0.25, 0.3) is 0 Å². The third kappa shape index (κ3) is 1.15. The molecular formula is C15H22O. The van der Waals surface area contributed by atoms with Gasteiger partial charge in [-0.25, -0.2) is 0 Å². The van der Waals surface area contributed by atoms with E-state index >= 15 is 0 Å². The van der Waals surface area contributed by atoms with Crippen LogP contribution in [0.3, 0.4) is 0 Å². The molecule has 0 spiro atoms. The summed E-state index contributed by atoms with van der Waals surface area (Å²) in [5.74, 6) is 1.30. The molecule has 1 fully saturated rings. The Balaban J connectivity index is 2.13. The Morgan fingerprint density at radius 3 is 2.81 bits per heavy atom. The average molecular weight is 218 g/mol. The minimum Gasteiger partial charge on any atom is -0.364 e. The van der Waals surface area contributed by atoms with Crippen LogP contribution in [0.2, 0.25) is 0 Å². The van der Waals surface area contributed by atoms with E-state index in [1.165, 1.54) is 24.8 Å². The van der Waals surface area contributed by atoms with Crippen molar-refractivity contribution in [3.8, 4) is 0 Å². The zero-order valence-corrected chi connectivity index (χ0v) is 10.8. The number of hydrogen-bond donors (Lipinski definition) is 0. The van der Waals surface area contributed by atoms with Gasteiger partial charge in [0.1, 0.15) is 0 Å². The van der Waals surface area contributed by atoms with Gasteiger partial charge in [0.25, 0.3) is 0 Å². The molecule has 0 aromatic rings. The SMILES string of the molecule is CC1=CC2C3CC=C(C)C2(CC1)OC3(C)C. The Morgan fingerprint density at radius 2 is 2.06 bits per heavy atom. The lowest BCUT2D eigenvalue weighted by Crippen LogP contribution is -2.41. The van der Waals surface area contributed by atoms with E-state index in [4.69, 9.17) is 4.74 Å². The number of hydrogen-bond acceptors (Lipinski definition) is 1. The minimum atomic E-state index is 0.0417. The van der Waals surface area contributed by atoms with E-state index in [0.717, 1.165) is 0 Å². The molecule has 3 unspecified atom stereocenters. The topological polar surface area (TPSA) is 9.23 Å². The Hall–Kier alpha value is -0.560. The molecule has 16 heavy (non-hydrogen) atoms. The molecule has 3 atom stereocenters. The third-order valence-electron chi connectivity index (χ3n) is 5.01. The van der Waals surface area contributed by atoms with Crippen molar-refractivity contribution in [1.82, 2.24) is 0 Å². The molecule has 0 aromatic heterocycles. The first kappa shape index (κ1) is 10.6. The van der Waals surface area contributed by atoms with Gasteiger partial charge in [0.05, 0.1) is 11.2 Å². The molecule has 0 saturated carbocycles. The van der Waals surface area contributed by atoms with Gasteiger partial charge >= 0.3 is 0 Å². The van der Waals surface area contributed by atoms with Crippen LogP contribution in [0.4, 0.5) is 0 Å². The second-order valence-electron chi connectivity index (χ2n) is 6.36. The normalized spacial score (nSPS) is 44.8. The molecule has 1 aliphatic heterocycles. The molecular weight excluding hydrogens is 196 g/mol. The molecule has 0 radical (unpaired) electrons. The second kappa shape index (κ2) is 3.01. The van der Waals surface area contributed by atoms with Crippen molar-refractivity contribution in [2.24, 2.45) is 11.8 Å². The van der Waals surface area contributed by atoms with Gasteiger partial charge in [-0.1, -0.05) is 17.7 Å². The Morgan fingerprint density at radius 1 is 1.31 bits per heavy atom. The van der Waals surface area contributed by atoms with E-state index < -0.39 is 0 Å². The van der Waals surface area contributed by atoms with Crippen LogP contribution in [-0.4, -0.2) is 11.2 Å². The van der Waals surface area contributed by atoms with E-state index in [1.54, 1.807) is 5.57 Å². The Bertz CT molecular complexity index is 388. The summed E-state index contributed by atoms with van der Waals surface area (Å²) in [6, 6.07) is 0. The van der Waals surface area contributed by atoms with Crippen LogP contribution in [0, 0.1) is 11.8 Å². The number of allylic oxidation sites excluding steroid dienone is 2. The van der Waals surface area contributed by atoms with Gasteiger partial charge in [0.15, 0.2) is 0 Å². The largest absolute Gasteiger partial charge is 0.364 e. The van der Waals surface area contributed by atoms with Crippen LogP contribution < -0.4 is 0 Å². The van der Waals surface area contributed by atoms with E-state index in [-0.39, 0.29) is 11.2 Å². The van der Waals surface area contributed by atoms with Crippen LogP contribution in [-0.2, 0) is 4.74 Å². The zero-order valence-electron chi connectivity index (χ0n) is 10.8. The third-order valence-corrected chi connectivity index (χ3v) is 5.01. The maximum Gasteiger partial charge on any atom is 0.0965 e. The fraction of sp³-hybridized carbons (Fsp3) is 0.733. The molecule has 88 valence electrons. The summed E-state index contributed by atoms with van der Waals surface area (Å²) < 4.78 is 6.51. The summed E-state index contributed by atoms with van der Waals surface area (Å²) in [6.45, 7) is 9.08. The van der Waals surface area contributed by atoms with E-state index in [9.17, 15) is 0 Å². The molecule has 2 aliphatic carbocycles. The van der Waals surface area contributed by atoms with Crippen LogP contribution >= 0.6 is 0 Å². The molecule has 0 amide bonds. The molecule has 1 heteroatoms. The van der Waals surface area contributed by atoms with Crippen molar-refractivity contribution in [3.63, 3.8) is 0 Å². The summed E-state index contributed by atoms with van der Waals surface area (Å²) in [5.41, 5.74) is 3.12. The van der Waals surface area contributed by atoms with Gasteiger partial charge in [0.2, 0.25) is 0 Å². The summed E-state index contributed by atoms with van der Waals surface area (Å²) in [6.07, 6.45) is 8.49. The predicted octanol–water partition coefficient (Wildman–Crippen LogP) is 3.86. The molecule has 3 rings (SSSR count). The molecule has 1 nitrogen and oxygen atoms in total. The smallest absolute Gasteiger partial charge is 0.0965 e. The fourth-order valence-electron chi connectivity index (χ4n) is 4.06. The Labute approximate surface area is 98.6 Å². The molecule has 3 aliphatic rings. The predicted molar refractivity (Wildman–Crippen MR) is 66.2 cm³/mol. The van der Waals surface area contributed by atoms with Crippen LogP contribution in [0.1, 0.15) is 47.0 Å². The summed E-state index contributed by atoms with van der Waals surface area (Å²) in [5, 5.41) is 0. The standard InChI is InChI=1S/C15H22O/c1-10-7-8-15-11(2)5-6-12(13(15)9-10)14(3,4)16-15/h5,9,12-13H,6-8H2,1-4H3. The highest BCUT2D eigenvalue weighted by Crippen LogP contribution is 2.59. The molecule has 1 heterocycles. The quantitative estimate of drug-likeness (QED) is 0.561. The Kier molecular flexibility index (Phi) is 1.99. The summed E-state index contributed by atoms with van der Waals surface area (Å²) in [4.78, 5) is 0. The lowest BCUT2D eigenvalue weighted by molar-refractivity contribution is -0.0799. The van der Waals surface area contributed by atoms with E-state index in [0.29, 0.717) is 11.8 Å². The lowest BCUT2D eigenvalue weighted by atomic mass is 9.64. The summed E-state index contributed by atoms with van der Waals surface area (Å²) in [7, 11) is 0. The average Bonchev–Trinajstić information content (AvgIpc) is 2.36. The van der Waals surface area contributed by atoms with Crippen molar-refractivity contribution in [2.75, 3.05) is 0 Å². The first-order chi connectivity index (χ1) is 7.46. The lowest BCUT2D eigenvalue weighted by Gasteiger charge is -2.41. The monoisotopic (exact) mass is 218 g/mol. The molecule has 0 N–H and O–H groups in total.